The Balaban J connectivity index is 2.92. The van der Waals surface area contributed by atoms with Gasteiger partial charge in [0.1, 0.15) is 6.04 Å². The van der Waals surface area contributed by atoms with E-state index in [0.717, 1.165) is 4.90 Å². The van der Waals surface area contributed by atoms with Crippen LogP contribution in [0.1, 0.15) is 6.42 Å². The van der Waals surface area contributed by atoms with Crippen LogP contribution in [0, 0.1) is 5.92 Å². The minimum Gasteiger partial charge on any atom is -0.480 e. The predicted molar refractivity (Wildman–Crippen MR) is 50.5 cm³/mol. The lowest BCUT2D eigenvalue weighted by Gasteiger charge is -2.20. The van der Waals surface area contributed by atoms with Crippen LogP contribution in [0.2, 0.25) is 0 Å². The van der Waals surface area contributed by atoms with Gasteiger partial charge in [-0.3, -0.25) is 4.90 Å². The van der Waals surface area contributed by atoms with Crippen molar-refractivity contribution in [2.24, 2.45) is 5.92 Å². The van der Waals surface area contributed by atoms with Crippen LogP contribution in [0.15, 0.2) is 12.7 Å². The molecule has 0 saturated carbocycles. The van der Waals surface area contributed by atoms with Gasteiger partial charge in [0.15, 0.2) is 0 Å². The van der Waals surface area contributed by atoms with E-state index in [0.29, 0.717) is 0 Å². The van der Waals surface area contributed by atoms with Crippen molar-refractivity contribution < 1.29 is 24.9 Å². The average Bonchev–Trinajstić information content (AvgIpc) is 2.45. The molecule has 0 aromatic rings. The summed E-state index contributed by atoms with van der Waals surface area (Å²) < 4.78 is 0. The van der Waals surface area contributed by atoms with E-state index >= 15 is 0 Å². The van der Waals surface area contributed by atoms with E-state index in [1.807, 2.05) is 0 Å². The first-order valence-corrected chi connectivity index (χ1v) is 4.50. The first kappa shape index (κ1) is 11.5. The minimum atomic E-state index is -1.33. The van der Waals surface area contributed by atoms with Crippen LogP contribution in [0.5, 0.6) is 0 Å². The third kappa shape index (κ3) is 2.10. The van der Waals surface area contributed by atoms with Gasteiger partial charge in [0.2, 0.25) is 0 Å². The van der Waals surface area contributed by atoms with Gasteiger partial charge >= 0.3 is 12.1 Å². The molecule has 6 heteroatoms. The second kappa shape index (κ2) is 4.31. The molecule has 15 heavy (non-hydrogen) atoms. The highest BCUT2D eigenvalue weighted by molar-refractivity contribution is 5.80. The van der Waals surface area contributed by atoms with E-state index in [2.05, 4.69) is 6.58 Å². The standard InChI is InChI=1S/C9H13NO5/c1-2-3-5-6(11)4-10(9(14)15)7(5)8(12)13/h2,5-7,11H,1,3-4H2,(H,12,13)(H,14,15)/t5-,6+,7+/m1/s1. The van der Waals surface area contributed by atoms with Crippen molar-refractivity contribution in [3.05, 3.63) is 12.7 Å². The Hall–Kier alpha value is -1.56. The van der Waals surface area contributed by atoms with Gasteiger partial charge in [-0.15, -0.1) is 6.58 Å². The van der Waals surface area contributed by atoms with Gasteiger partial charge in [0, 0.05) is 5.92 Å². The lowest BCUT2D eigenvalue weighted by Crippen LogP contribution is -2.42. The first-order valence-electron chi connectivity index (χ1n) is 4.50. The number of aliphatic hydroxyl groups excluding tert-OH is 1. The number of β-amino-alcohol motifs (C(OH)–C–C–N with tert-alkyl or cyclic N) is 1. The highest BCUT2D eigenvalue weighted by atomic mass is 16.4. The highest BCUT2D eigenvalue weighted by Crippen LogP contribution is 2.28. The highest BCUT2D eigenvalue weighted by Gasteiger charge is 2.46. The zero-order valence-electron chi connectivity index (χ0n) is 8.04. The molecular weight excluding hydrogens is 202 g/mol. The van der Waals surface area contributed by atoms with Gasteiger partial charge in [-0.1, -0.05) is 6.08 Å². The number of carboxylic acids is 1. The number of carbonyl (C=O) groups is 2. The topological polar surface area (TPSA) is 98.1 Å². The minimum absolute atomic E-state index is 0.162. The number of hydrogen-bond donors (Lipinski definition) is 3. The Kier molecular flexibility index (Phi) is 3.31. The Bertz CT molecular complexity index is 290. The van der Waals surface area contributed by atoms with Gasteiger partial charge in [0.25, 0.3) is 0 Å². The van der Waals surface area contributed by atoms with Gasteiger partial charge in [-0.05, 0) is 6.42 Å². The molecule has 0 aliphatic carbocycles. The van der Waals surface area contributed by atoms with Crippen LogP contribution in [0.4, 0.5) is 4.79 Å². The maximum atomic E-state index is 10.9. The maximum absolute atomic E-state index is 10.9. The van der Waals surface area contributed by atoms with E-state index in [1.165, 1.54) is 6.08 Å². The zero-order chi connectivity index (χ0) is 11.6. The quantitative estimate of drug-likeness (QED) is 0.575. The lowest BCUT2D eigenvalue weighted by molar-refractivity contribution is -0.143. The second-order valence-electron chi connectivity index (χ2n) is 3.47. The van der Waals surface area contributed by atoms with Gasteiger partial charge in [0.05, 0.1) is 12.6 Å². The smallest absolute Gasteiger partial charge is 0.408 e. The van der Waals surface area contributed by atoms with Crippen LogP contribution in [-0.4, -0.2) is 51.0 Å². The molecule has 1 amide bonds. The van der Waals surface area contributed by atoms with Crippen LogP contribution in [-0.2, 0) is 4.79 Å². The van der Waals surface area contributed by atoms with Gasteiger partial charge in [-0.25, -0.2) is 9.59 Å². The number of amides is 1. The summed E-state index contributed by atoms with van der Waals surface area (Å²) in [5.41, 5.74) is 0. The number of allylic oxidation sites excluding steroid dienone is 1. The zero-order valence-corrected chi connectivity index (χ0v) is 8.04. The third-order valence-electron chi connectivity index (χ3n) is 2.56. The van der Waals surface area contributed by atoms with Crippen LogP contribution >= 0.6 is 0 Å². The molecule has 1 saturated heterocycles. The number of carboxylic acid groups (broad SMARTS) is 2. The molecule has 0 bridgehead atoms. The molecule has 0 radical (unpaired) electrons. The number of aliphatic carboxylic acids is 1. The summed E-state index contributed by atoms with van der Waals surface area (Å²) in [5.74, 6) is -1.85. The molecule has 0 aromatic heterocycles. The van der Waals surface area contributed by atoms with Crippen LogP contribution in [0.25, 0.3) is 0 Å². The van der Waals surface area contributed by atoms with Crippen molar-refractivity contribution >= 4 is 12.1 Å². The van der Waals surface area contributed by atoms with Gasteiger partial charge in [-0.2, -0.15) is 0 Å². The fourth-order valence-corrected chi connectivity index (χ4v) is 1.88. The Morgan fingerprint density at radius 2 is 2.07 bits per heavy atom. The fraction of sp³-hybridized carbons (Fsp3) is 0.556. The van der Waals surface area contributed by atoms with Crippen LogP contribution < -0.4 is 0 Å². The first-order chi connectivity index (χ1) is 6.99. The maximum Gasteiger partial charge on any atom is 0.408 e. The molecular formula is C9H13NO5. The van der Waals surface area contributed by atoms with Gasteiger partial charge < -0.3 is 15.3 Å². The summed E-state index contributed by atoms with van der Waals surface area (Å²) in [5, 5.41) is 27.2. The Labute approximate surface area is 86.4 Å². The summed E-state index contributed by atoms with van der Waals surface area (Å²) in [6.07, 6.45) is -0.509. The van der Waals surface area contributed by atoms with Crippen LogP contribution in [0.3, 0.4) is 0 Å². The van der Waals surface area contributed by atoms with E-state index in [-0.39, 0.29) is 13.0 Å². The second-order valence-corrected chi connectivity index (χ2v) is 3.47. The Morgan fingerprint density at radius 3 is 2.47 bits per heavy atom. The number of hydrogen-bond acceptors (Lipinski definition) is 3. The number of likely N-dealkylation sites (tertiary alicyclic amines) is 1. The van der Waals surface area contributed by atoms with E-state index < -0.39 is 30.1 Å². The third-order valence-corrected chi connectivity index (χ3v) is 2.56. The monoisotopic (exact) mass is 215 g/mol. The van der Waals surface area contributed by atoms with Crippen molar-refractivity contribution in [2.75, 3.05) is 6.54 Å². The molecule has 0 unspecified atom stereocenters. The Morgan fingerprint density at radius 1 is 1.47 bits per heavy atom. The van der Waals surface area contributed by atoms with E-state index in [4.69, 9.17) is 10.2 Å². The molecule has 0 spiro atoms. The average molecular weight is 215 g/mol. The summed E-state index contributed by atoms with van der Waals surface area (Å²) >= 11 is 0. The molecule has 1 heterocycles. The molecule has 0 aromatic carbocycles. The molecule has 6 nitrogen and oxygen atoms in total. The SMILES string of the molecule is C=CC[C@H]1[C@@H](C(=O)O)N(C(=O)O)C[C@@H]1O. The summed E-state index contributed by atoms with van der Waals surface area (Å²) in [6.45, 7) is 3.29. The molecule has 84 valence electrons. The molecule has 1 fully saturated rings. The summed E-state index contributed by atoms with van der Waals surface area (Å²) in [6, 6.07) is -1.18. The number of nitrogens with zero attached hydrogens (tertiary/aromatic N) is 1. The summed E-state index contributed by atoms with van der Waals surface area (Å²) in [7, 11) is 0. The van der Waals surface area contributed by atoms with Crippen molar-refractivity contribution in [1.29, 1.82) is 0 Å². The lowest BCUT2D eigenvalue weighted by atomic mass is 9.94. The van der Waals surface area contributed by atoms with Crippen molar-refractivity contribution in [3.63, 3.8) is 0 Å². The predicted octanol–water partition coefficient (Wildman–Crippen LogP) is -0.0136. The van der Waals surface area contributed by atoms with Crippen molar-refractivity contribution in [2.45, 2.75) is 18.6 Å². The van der Waals surface area contributed by atoms with E-state index in [9.17, 15) is 14.7 Å². The molecule has 1 aliphatic heterocycles. The summed E-state index contributed by atoms with van der Waals surface area (Å²) in [4.78, 5) is 22.4. The number of aliphatic hydroxyl groups is 1. The van der Waals surface area contributed by atoms with Crippen molar-refractivity contribution in [3.8, 4) is 0 Å². The fourth-order valence-electron chi connectivity index (χ4n) is 1.88. The largest absolute Gasteiger partial charge is 0.480 e. The van der Waals surface area contributed by atoms with E-state index in [1.54, 1.807) is 0 Å². The molecule has 1 aliphatic rings. The molecule has 1 rings (SSSR count). The number of rotatable bonds is 3. The molecule has 3 N–H and O–H groups in total. The normalized spacial score (nSPS) is 30.2. The van der Waals surface area contributed by atoms with Crippen molar-refractivity contribution in [1.82, 2.24) is 4.90 Å². The molecule has 3 atom stereocenters.